The molecule has 0 spiro atoms. The molecule has 0 unspecified atom stereocenters. The molecular weight excluding hydrogens is 322 g/mol. The molecule has 2 aromatic carbocycles. The van der Waals surface area contributed by atoms with E-state index in [0.29, 0.717) is 17.1 Å². The molecule has 0 fully saturated rings. The summed E-state index contributed by atoms with van der Waals surface area (Å²) in [5, 5.41) is 0. The lowest BCUT2D eigenvalue weighted by Crippen LogP contribution is -2.36. The van der Waals surface area contributed by atoms with Gasteiger partial charge in [0.05, 0.1) is 17.2 Å². The maximum atomic E-state index is 13.3. The van der Waals surface area contributed by atoms with Gasteiger partial charge in [0.1, 0.15) is 5.75 Å². The van der Waals surface area contributed by atoms with Crippen LogP contribution in [0.15, 0.2) is 41.3 Å². The standard InChI is InChI=1S/C19H23NO3S/c1-5-23-18-10-14(3)19(11-13(18)2)24(21,22)20-15(4)12-16-8-6-7-9-17(16)20/h6-11,15H,5,12H2,1-4H3/t15-/m0/s1. The van der Waals surface area contributed by atoms with E-state index in [1.165, 1.54) is 0 Å². The minimum atomic E-state index is -3.61. The Labute approximate surface area is 144 Å². The fourth-order valence-electron chi connectivity index (χ4n) is 3.36. The first-order valence-corrected chi connectivity index (χ1v) is 9.66. The Morgan fingerprint density at radius 2 is 1.88 bits per heavy atom. The third-order valence-corrected chi connectivity index (χ3v) is 6.52. The second-order valence-electron chi connectivity index (χ2n) is 6.30. The van der Waals surface area contributed by atoms with E-state index in [9.17, 15) is 8.42 Å². The Hall–Kier alpha value is -2.01. The Morgan fingerprint density at radius 3 is 2.58 bits per heavy atom. The van der Waals surface area contributed by atoms with Gasteiger partial charge in [0.2, 0.25) is 0 Å². The largest absolute Gasteiger partial charge is 0.494 e. The summed E-state index contributed by atoms with van der Waals surface area (Å²) in [6.07, 6.45) is 0.741. The number of sulfonamides is 1. The zero-order valence-electron chi connectivity index (χ0n) is 14.5. The first kappa shape index (κ1) is 16.8. The van der Waals surface area contributed by atoms with Gasteiger partial charge >= 0.3 is 0 Å². The molecule has 0 aromatic heterocycles. The molecule has 0 bridgehead atoms. The van der Waals surface area contributed by atoms with Crippen molar-refractivity contribution in [3.63, 3.8) is 0 Å². The van der Waals surface area contributed by atoms with E-state index in [4.69, 9.17) is 4.74 Å². The van der Waals surface area contributed by atoms with Gasteiger partial charge < -0.3 is 4.74 Å². The highest BCUT2D eigenvalue weighted by atomic mass is 32.2. The highest BCUT2D eigenvalue weighted by Crippen LogP contribution is 2.38. The molecule has 5 heteroatoms. The van der Waals surface area contributed by atoms with Gasteiger partial charge in [-0.25, -0.2) is 8.42 Å². The number of benzene rings is 2. The maximum absolute atomic E-state index is 13.3. The molecule has 24 heavy (non-hydrogen) atoms. The summed E-state index contributed by atoms with van der Waals surface area (Å²) in [5.74, 6) is 0.740. The van der Waals surface area contributed by atoms with Crippen molar-refractivity contribution in [2.24, 2.45) is 0 Å². The highest BCUT2D eigenvalue weighted by molar-refractivity contribution is 7.93. The smallest absolute Gasteiger partial charge is 0.264 e. The molecule has 3 rings (SSSR count). The number of nitrogens with zero attached hydrogens (tertiary/aromatic N) is 1. The van der Waals surface area contributed by atoms with E-state index in [-0.39, 0.29) is 6.04 Å². The fourth-order valence-corrected chi connectivity index (χ4v) is 5.35. The molecule has 1 aliphatic heterocycles. The average Bonchev–Trinajstić information content (AvgIpc) is 2.87. The minimum Gasteiger partial charge on any atom is -0.494 e. The van der Waals surface area contributed by atoms with Crippen LogP contribution in [-0.4, -0.2) is 21.1 Å². The van der Waals surface area contributed by atoms with Crippen LogP contribution in [-0.2, 0) is 16.4 Å². The highest BCUT2D eigenvalue weighted by Gasteiger charge is 2.36. The number of anilines is 1. The molecule has 0 saturated heterocycles. The molecule has 0 amide bonds. The maximum Gasteiger partial charge on any atom is 0.264 e. The van der Waals surface area contributed by atoms with Crippen LogP contribution >= 0.6 is 0 Å². The second-order valence-corrected chi connectivity index (χ2v) is 8.08. The van der Waals surface area contributed by atoms with Crippen molar-refractivity contribution in [3.05, 3.63) is 53.1 Å². The Kier molecular flexibility index (Phi) is 4.30. The van der Waals surface area contributed by atoms with Crippen LogP contribution < -0.4 is 9.04 Å². The van der Waals surface area contributed by atoms with Crippen LogP contribution in [0.3, 0.4) is 0 Å². The van der Waals surface area contributed by atoms with Crippen LogP contribution in [0.1, 0.15) is 30.5 Å². The van der Waals surface area contributed by atoms with Crippen LogP contribution in [0.5, 0.6) is 5.75 Å². The number of para-hydroxylation sites is 1. The predicted molar refractivity (Wildman–Crippen MR) is 96.4 cm³/mol. The van der Waals surface area contributed by atoms with E-state index >= 15 is 0 Å². The van der Waals surface area contributed by atoms with Crippen LogP contribution in [0.25, 0.3) is 0 Å². The zero-order chi connectivity index (χ0) is 17.5. The van der Waals surface area contributed by atoms with Crippen molar-refractivity contribution in [1.82, 2.24) is 0 Å². The van der Waals surface area contributed by atoms with E-state index in [2.05, 4.69) is 0 Å². The van der Waals surface area contributed by atoms with Crippen LogP contribution in [0.2, 0.25) is 0 Å². The number of ether oxygens (including phenoxy) is 1. The van der Waals surface area contributed by atoms with E-state index in [1.54, 1.807) is 10.4 Å². The number of rotatable bonds is 4. The van der Waals surface area contributed by atoms with Crippen molar-refractivity contribution in [2.75, 3.05) is 10.9 Å². The van der Waals surface area contributed by atoms with Crippen molar-refractivity contribution in [3.8, 4) is 5.75 Å². The first-order chi connectivity index (χ1) is 11.4. The van der Waals surface area contributed by atoms with Crippen molar-refractivity contribution in [2.45, 2.75) is 45.1 Å². The molecule has 1 atom stereocenters. The van der Waals surface area contributed by atoms with Gasteiger partial charge in [-0.2, -0.15) is 0 Å². The normalized spacial score (nSPS) is 17.0. The van der Waals surface area contributed by atoms with Gasteiger partial charge in [-0.1, -0.05) is 18.2 Å². The lowest BCUT2D eigenvalue weighted by molar-refractivity contribution is 0.337. The van der Waals surface area contributed by atoms with Crippen molar-refractivity contribution < 1.29 is 13.2 Å². The predicted octanol–water partition coefficient (Wildman–Crippen LogP) is 3.84. The molecule has 0 N–H and O–H groups in total. The van der Waals surface area contributed by atoms with Gasteiger partial charge in [0.15, 0.2) is 0 Å². The number of hydrogen-bond acceptors (Lipinski definition) is 3. The number of hydrogen-bond donors (Lipinski definition) is 0. The van der Waals surface area contributed by atoms with Gasteiger partial charge in [0, 0.05) is 6.04 Å². The third-order valence-electron chi connectivity index (χ3n) is 4.45. The molecule has 2 aromatic rings. The topological polar surface area (TPSA) is 46.6 Å². The molecule has 1 aliphatic rings. The fraction of sp³-hybridized carbons (Fsp3) is 0.368. The van der Waals surface area contributed by atoms with Gasteiger partial charge in [-0.3, -0.25) is 4.31 Å². The third kappa shape index (κ3) is 2.67. The lowest BCUT2D eigenvalue weighted by Gasteiger charge is -2.26. The van der Waals surface area contributed by atoms with E-state index in [1.807, 2.05) is 58.0 Å². The Bertz CT molecular complexity index is 874. The second kappa shape index (κ2) is 6.13. The SMILES string of the molecule is CCOc1cc(C)c(S(=O)(=O)N2c3ccccc3C[C@@H]2C)cc1C. The molecule has 1 heterocycles. The van der Waals surface area contributed by atoms with Gasteiger partial charge in [-0.15, -0.1) is 0 Å². The summed E-state index contributed by atoms with van der Waals surface area (Å²) >= 11 is 0. The summed E-state index contributed by atoms with van der Waals surface area (Å²) in [6, 6.07) is 11.2. The molecule has 0 radical (unpaired) electrons. The lowest BCUT2D eigenvalue weighted by atomic mass is 10.1. The number of aryl methyl sites for hydroxylation is 2. The number of fused-ring (bicyclic) bond motifs is 1. The average molecular weight is 345 g/mol. The summed E-state index contributed by atoms with van der Waals surface area (Å²) in [5.41, 5.74) is 3.41. The zero-order valence-corrected chi connectivity index (χ0v) is 15.4. The van der Waals surface area contributed by atoms with E-state index in [0.717, 1.165) is 29.0 Å². The van der Waals surface area contributed by atoms with Crippen LogP contribution in [0, 0.1) is 13.8 Å². The quantitative estimate of drug-likeness (QED) is 0.846. The van der Waals surface area contributed by atoms with Crippen LogP contribution in [0.4, 0.5) is 5.69 Å². The molecule has 4 nitrogen and oxygen atoms in total. The van der Waals surface area contributed by atoms with Crippen molar-refractivity contribution in [1.29, 1.82) is 0 Å². The Morgan fingerprint density at radius 1 is 1.17 bits per heavy atom. The minimum absolute atomic E-state index is 0.0846. The summed E-state index contributed by atoms with van der Waals surface area (Å²) < 4.78 is 33.8. The molecule has 0 aliphatic carbocycles. The molecule has 0 saturated carbocycles. The van der Waals surface area contributed by atoms with Gasteiger partial charge in [-0.05, 0) is 69.0 Å². The molecule has 128 valence electrons. The molecular formula is C19H23NO3S. The summed E-state index contributed by atoms with van der Waals surface area (Å²) in [7, 11) is -3.61. The first-order valence-electron chi connectivity index (χ1n) is 8.22. The summed E-state index contributed by atoms with van der Waals surface area (Å²) in [4.78, 5) is 0.354. The summed E-state index contributed by atoms with van der Waals surface area (Å²) in [6.45, 7) is 8.13. The van der Waals surface area contributed by atoms with Gasteiger partial charge in [0.25, 0.3) is 10.0 Å². The van der Waals surface area contributed by atoms with E-state index < -0.39 is 10.0 Å². The van der Waals surface area contributed by atoms with Crippen molar-refractivity contribution >= 4 is 15.7 Å². The Balaban J connectivity index is 2.11. The monoisotopic (exact) mass is 345 g/mol.